The van der Waals surface area contributed by atoms with Gasteiger partial charge in [-0.25, -0.2) is 4.79 Å². The molecule has 0 spiro atoms. The zero-order valence-electron chi connectivity index (χ0n) is 13.1. The van der Waals surface area contributed by atoms with E-state index in [2.05, 4.69) is 22.9 Å². The van der Waals surface area contributed by atoms with Crippen LogP contribution in [0.5, 0.6) is 11.5 Å². The summed E-state index contributed by atoms with van der Waals surface area (Å²) in [6.07, 6.45) is 0.875. The van der Waals surface area contributed by atoms with E-state index in [-0.39, 0.29) is 0 Å². The van der Waals surface area contributed by atoms with E-state index in [1.54, 1.807) is 12.1 Å². The smallest absolute Gasteiger partial charge is 0.353 e. The van der Waals surface area contributed by atoms with Crippen molar-refractivity contribution in [3.8, 4) is 17.6 Å². The molecule has 2 rings (SSSR count). The van der Waals surface area contributed by atoms with Crippen LogP contribution in [0.1, 0.15) is 39.5 Å². The third-order valence-electron chi connectivity index (χ3n) is 3.24. The van der Waals surface area contributed by atoms with Crippen molar-refractivity contribution in [3.05, 3.63) is 43.6 Å². The first-order valence-corrected chi connectivity index (χ1v) is 8.79. The Morgan fingerprint density at radius 1 is 1.35 bits per heavy atom. The number of ether oxygens (including phenoxy) is 2. The van der Waals surface area contributed by atoms with Crippen LogP contribution in [0.4, 0.5) is 0 Å². The Kier molecular flexibility index (Phi) is 5.80. The fourth-order valence-electron chi connectivity index (χ4n) is 2.11. The van der Waals surface area contributed by atoms with Gasteiger partial charge in [0.25, 0.3) is 0 Å². The van der Waals surface area contributed by atoms with E-state index in [1.807, 2.05) is 26.0 Å². The van der Waals surface area contributed by atoms with Crippen LogP contribution in [0, 0.1) is 18.3 Å². The van der Waals surface area contributed by atoms with Gasteiger partial charge in [-0.05, 0) is 53.9 Å². The number of aryl methyl sites for hydroxylation is 2. The van der Waals surface area contributed by atoms with Crippen molar-refractivity contribution in [1.29, 1.82) is 5.26 Å². The molecule has 1 aromatic carbocycles. The van der Waals surface area contributed by atoms with E-state index in [1.165, 1.54) is 11.3 Å². The topological polar surface area (TPSA) is 59.3 Å². The molecule has 0 saturated heterocycles. The molecular formula is C17H16BrNO3S. The Bertz CT molecular complexity index is 777. The molecule has 0 aliphatic rings. The lowest BCUT2D eigenvalue weighted by Gasteiger charge is -2.12. The molecule has 0 atom stereocenters. The van der Waals surface area contributed by atoms with Crippen LogP contribution in [0.2, 0.25) is 0 Å². The predicted molar refractivity (Wildman–Crippen MR) is 93.4 cm³/mol. The summed E-state index contributed by atoms with van der Waals surface area (Å²) in [5.41, 5.74) is 1.58. The fraction of sp³-hybridized carbons (Fsp3) is 0.294. The van der Waals surface area contributed by atoms with Gasteiger partial charge in [0.2, 0.25) is 0 Å². The van der Waals surface area contributed by atoms with Crippen LogP contribution in [-0.2, 0) is 6.42 Å². The maximum absolute atomic E-state index is 12.4. The van der Waals surface area contributed by atoms with E-state index in [4.69, 9.17) is 14.7 Å². The van der Waals surface area contributed by atoms with Crippen LogP contribution in [0.3, 0.4) is 0 Å². The zero-order valence-corrected chi connectivity index (χ0v) is 15.5. The monoisotopic (exact) mass is 393 g/mol. The summed E-state index contributed by atoms with van der Waals surface area (Å²) >= 11 is 4.75. The van der Waals surface area contributed by atoms with Gasteiger partial charge in [0.15, 0.2) is 11.5 Å². The highest BCUT2D eigenvalue weighted by Crippen LogP contribution is 2.37. The van der Waals surface area contributed by atoms with Gasteiger partial charge in [0, 0.05) is 10.9 Å². The van der Waals surface area contributed by atoms with E-state index in [0.29, 0.717) is 33.0 Å². The second-order valence-electron chi connectivity index (χ2n) is 4.77. The largest absolute Gasteiger partial charge is 0.490 e. The first-order valence-electron chi connectivity index (χ1n) is 7.18. The molecule has 2 aromatic rings. The van der Waals surface area contributed by atoms with E-state index in [0.717, 1.165) is 16.9 Å². The quantitative estimate of drug-likeness (QED) is 0.536. The Labute approximate surface area is 147 Å². The number of halogens is 1. The van der Waals surface area contributed by atoms with Crippen molar-refractivity contribution < 1.29 is 14.3 Å². The number of rotatable bonds is 5. The third kappa shape index (κ3) is 3.92. The van der Waals surface area contributed by atoms with E-state index in [9.17, 15) is 4.79 Å². The summed E-state index contributed by atoms with van der Waals surface area (Å²) in [7, 11) is 0. The number of thiophene rings is 1. The van der Waals surface area contributed by atoms with Crippen LogP contribution in [0.15, 0.2) is 22.7 Å². The van der Waals surface area contributed by atoms with Crippen LogP contribution in [0.25, 0.3) is 0 Å². The third-order valence-corrected chi connectivity index (χ3v) is 4.90. The number of hydrogen-bond donors (Lipinski definition) is 0. The molecule has 1 aromatic heterocycles. The van der Waals surface area contributed by atoms with E-state index >= 15 is 0 Å². The molecule has 0 fully saturated rings. The lowest BCUT2D eigenvalue weighted by Crippen LogP contribution is -2.09. The first kappa shape index (κ1) is 17.5. The van der Waals surface area contributed by atoms with Gasteiger partial charge < -0.3 is 9.47 Å². The Hall–Kier alpha value is -1.84. The van der Waals surface area contributed by atoms with Gasteiger partial charge in [-0.1, -0.05) is 6.92 Å². The number of hydrogen-bond acceptors (Lipinski definition) is 5. The predicted octanol–water partition coefficient (Wildman–Crippen LogP) is 4.87. The van der Waals surface area contributed by atoms with Gasteiger partial charge in [-0.15, -0.1) is 11.3 Å². The van der Waals surface area contributed by atoms with Gasteiger partial charge in [-0.2, -0.15) is 5.26 Å². The second-order valence-corrected chi connectivity index (χ2v) is 6.88. The summed E-state index contributed by atoms with van der Waals surface area (Å²) in [6.45, 7) is 6.27. The van der Waals surface area contributed by atoms with Crippen molar-refractivity contribution in [3.63, 3.8) is 0 Å². The maximum Gasteiger partial charge on any atom is 0.353 e. The Morgan fingerprint density at radius 3 is 2.65 bits per heavy atom. The summed E-state index contributed by atoms with van der Waals surface area (Å²) in [4.78, 5) is 14.1. The summed E-state index contributed by atoms with van der Waals surface area (Å²) in [5.74, 6) is 0.236. The standard InChI is InChI=1S/C17H16BrNO3S/c1-4-12-8-15(23-10(12)3)17(20)22-16-13(18)6-11(9-19)7-14(16)21-5-2/h6-8H,4-5H2,1-3H3. The Balaban J connectivity index is 2.34. The normalized spacial score (nSPS) is 10.2. The van der Waals surface area contributed by atoms with Crippen molar-refractivity contribution in [2.45, 2.75) is 27.2 Å². The summed E-state index contributed by atoms with van der Waals surface area (Å²) in [6, 6.07) is 7.07. The van der Waals surface area contributed by atoms with Crippen molar-refractivity contribution in [2.24, 2.45) is 0 Å². The number of nitrogens with zero attached hydrogens (tertiary/aromatic N) is 1. The van der Waals surface area contributed by atoms with Crippen molar-refractivity contribution >= 4 is 33.2 Å². The molecule has 4 nitrogen and oxygen atoms in total. The lowest BCUT2D eigenvalue weighted by atomic mass is 10.2. The van der Waals surface area contributed by atoms with Crippen molar-refractivity contribution in [2.75, 3.05) is 6.61 Å². The molecule has 0 amide bonds. The minimum Gasteiger partial charge on any atom is -0.490 e. The van der Waals surface area contributed by atoms with Crippen LogP contribution in [-0.4, -0.2) is 12.6 Å². The maximum atomic E-state index is 12.4. The molecule has 0 saturated carbocycles. The van der Waals surface area contributed by atoms with Gasteiger partial charge in [0.05, 0.1) is 22.7 Å². The number of esters is 1. The lowest BCUT2D eigenvalue weighted by molar-refractivity contribution is 0.0732. The number of nitriles is 1. The molecule has 6 heteroatoms. The molecule has 0 unspecified atom stereocenters. The summed E-state index contributed by atoms with van der Waals surface area (Å²) < 4.78 is 11.5. The minimum atomic E-state index is -0.427. The molecule has 1 heterocycles. The molecule has 0 aliphatic carbocycles. The molecule has 23 heavy (non-hydrogen) atoms. The second kappa shape index (κ2) is 7.62. The highest BCUT2D eigenvalue weighted by Gasteiger charge is 2.19. The molecule has 0 bridgehead atoms. The molecule has 0 aliphatic heterocycles. The molecular weight excluding hydrogens is 378 g/mol. The molecule has 0 radical (unpaired) electrons. The zero-order chi connectivity index (χ0) is 17.0. The van der Waals surface area contributed by atoms with E-state index < -0.39 is 5.97 Å². The van der Waals surface area contributed by atoms with Gasteiger partial charge in [0.1, 0.15) is 4.88 Å². The highest BCUT2D eigenvalue weighted by atomic mass is 79.9. The number of carbonyl (C=O) groups excluding carboxylic acids is 1. The Morgan fingerprint density at radius 2 is 2.09 bits per heavy atom. The van der Waals surface area contributed by atoms with Crippen molar-refractivity contribution in [1.82, 2.24) is 0 Å². The van der Waals surface area contributed by atoms with Crippen LogP contribution >= 0.6 is 27.3 Å². The SMILES string of the molecule is CCOc1cc(C#N)cc(Br)c1OC(=O)c1cc(CC)c(C)s1. The number of benzene rings is 1. The average Bonchev–Trinajstić information content (AvgIpc) is 2.91. The molecule has 120 valence electrons. The fourth-order valence-corrected chi connectivity index (χ4v) is 3.62. The highest BCUT2D eigenvalue weighted by molar-refractivity contribution is 9.10. The first-order chi connectivity index (χ1) is 11.0. The number of carbonyl (C=O) groups is 1. The van der Waals surface area contributed by atoms with Crippen LogP contribution < -0.4 is 9.47 Å². The summed E-state index contributed by atoms with van der Waals surface area (Å²) in [5, 5.41) is 9.03. The molecule has 0 N–H and O–H groups in total. The van der Waals surface area contributed by atoms with Gasteiger partial charge >= 0.3 is 5.97 Å². The van der Waals surface area contributed by atoms with Gasteiger partial charge in [-0.3, -0.25) is 0 Å². The minimum absolute atomic E-state index is 0.292. The average molecular weight is 394 g/mol.